The number of hydrogen-bond donors (Lipinski definition) is 3. The third kappa shape index (κ3) is 4.13. The highest BCUT2D eigenvalue weighted by atomic mass is 16.3. The number of amides is 1. The van der Waals surface area contributed by atoms with Crippen molar-refractivity contribution < 1.29 is 9.90 Å². The second-order valence-electron chi connectivity index (χ2n) is 4.92. The van der Waals surface area contributed by atoms with Crippen LogP contribution in [-0.2, 0) is 10.3 Å². The average molecular weight is 250 g/mol. The Balaban J connectivity index is 2.69. The zero-order valence-corrected chi connectivity index (χ0v) is 11.0. The average Bonchev–Trinajstić information content (AvgIpc) is 2.37. The summed E-state index contributed by atoms with van der Waals surface area (Å²) in [5.74, 6) is -0.0901. The molecule has 0 aromatic heterocycles. The van der Waals surface area contributed by atoms with Crippen molar-refractivity contribution in [3.8, 4) is 0 Å². The van der Waals surface area contributed by atoms with Crippen LogP contribution in [0.15, 0.2) is 30.3 Å². The molecule has 2 atom stereocenters. The number of benzene rings is 1. The Kier molecular flexibility index (Phi) is 5.31. The number of aliphatic hydroxyl groups is 1. The van der Waals surface area contributed by atoms with Gasteiger partial charge in [0.1, 0.15) is 0 Å². The van der Waals surface area contributed by atoms with Crippen LogP contribution in [-0.4, -0.2) is 23.7 Å². The number of hydrogen-bond acceptors (Lipinski definition) is 3. The molecule has 0 saturated heterocycles. The summed E-state index contributed by atoms with van der Waals surface area (Å²) in [7, 11) is 0. The van der Waals surface area contributed by atoms with Gasteiger partial charge < -0.3 is 16.2 Å². The predicted octanol–water partition coefficient (Wildman–Crippen LogP) is 1.14. The van der Waals surface area contributed by atoms with Gasteiger partial charge in [-0.15, -0.1) is 0 Å². The fourth-order valence-corrected chi connectivity index (χ4v) is 1.74. The smallest absolute Gasteiger partial charge is 0.220 e. The fraction of sp³-hybridized carbons (Fsp3) is 0.500. The molecule has 100 valence electrons. The van der Waals surface area contributed by atoms with Gasteiger partial charge >= 0.3 is 0 Å². The number of nitrogens with one attached hydrogen (secondary N) is 1. The van der Waals surface area contributed by atoms with Gasteiger partial charge in [-0.3, -0.25) is 4.79 Å². The molecule has 1 rings (SSSR count). The van der Waals surface area contributed by atoms with Crippen LogP contribution in [0.1, 0.15) is 32.3 Å². The minimum Gasteiger partial charge on any atom is -0.394 e. The van der Waals surface area contributed by atoms with E-state index in [0.29, 0.717) is 12.8 Å². The molecule has 0 saturated carbocycles. The van der Waals surface area contributed by atoms with Gasteiger partial charge in [-0.2, -0.15) is 0 Å². The first-order valence-electron chi connectivity index (χ1n) is 6.21. The fourth-order valence-electron chi connectivity index (χ4n) is 1.74. The Labute approximate surface area is 108 Å². The van der Waals surface area contributed by atoms with E-state index in [1.54, 1.807) is 0 Å². The third-order valence-electron chi connectivity index (χ3n) is 2.97. The lowest BCUT2D eigenvalue weighted by Crippen LogP contribution is -2.46. The summed E-state index contributed by atoms with van der Waals surface area (Å²) in [5, 5.41) is 12.4. The first kappa shape index (κ1) is 14.7. The van der Waals surface area contributed by atoms with Gasteiger partial charge in [0.25, 0.3) is 0 Å². The molecular weight excluding hydrogens is 228 g/mol. The minimum atomic E-state index is -0.740. The summed E-state index contributed by atoms with van der Waals surface area (Å²) in [6, 6.07) is 9.46. The molecule has 0 spiro atoms. The molecule has 0 aliphatic rings. The van der Waals surface area contributed by atoms with Gasteiger partial charge in [-0.25, -0.2) is 0 Å². The number of rotatable bonds is 6. The Morgan fingerprint density at radius 3 is 2.56 bits per heavy atom. The minimum absolute atomic E-state index is 0.00728. The standard InChI is InChI=1S/C14H22N2O2/c1-11(15)8-9-13(18)16-14(2,10-17)12-6-4-3-5-7-12/h3-7,11,17H,8-10,15H2,1-2H3,(H,16,18). The summed E-state index contributed by atoms with van der Waals surface area (Å²) in [6.45, 7) is 3.54. The molecule has 0 bridgehead atoms. The highest BCUT2D eigenvalue weighted by Gasteiger charge is 2.27. The van der Waals surface area contributed by atoms with Gasteiger partial charge in [-0.1, -0.05) is 30.3 Å². The van der Waals surface area contributed by atoms with Gasteiger partial charge in [0.05, 0.1) is 12.1 Å². The van der Waals surface area contributed by atoms with Crippen LogP contribution in [0.3, 0.4) is 0 Å². The Morgan fingerprint density at radius 1 is 1.44 bits per heavy atom. The van der Waals surface area contributed by atoms with E-state index in [1.807, 2.05) is 44.2 Å². The van der Waals surface area contributed by atoms with Crippen molar-refractivity contribution in [3.05, 3.63) is 35.9 Å². The van der Waals surface area contributed by atoms with Crippen molar-refractivity contribution in [2.24, 2.45) is 5.73 Å². The maximum absolute atomic E-state index is 11.8. The van der Waals surface area contributed by atoms with E-state index in [1.165, 1.54) is 0 Å². The molecule has 0 radical (unpaired) electrons. The van der Waals surface area contributed by atoms with E-state index in [2.05, 4.69) is 5.32 Å². The zero-order chi connectivity index (χ0) is 13.6. The number of carbonyl (C=O) groups is 1. The topological polar surface area (TPSA) is 75.4 Å². The maximum atomic E-state index is 11.8. The van der Waals surface area contributed by atoms with Crippen LogP contribution in [0, 0.1) is 0 Å². The lowest BCUT2D eigenvalue weighted by molar-refractivity contribution is -0.123. The molecule has 1 aromatic rings. The monoisotopic (exact) mass is 250 g/mol. The van der Waals surface area contributed by atoms with Crippen LogP contribution >= 0.6 is 0 Å². The molecule has 0 heterocycles. The second-order valence-corrected chi connectivity index (χ2v) is 4.92. The van der Waals surface area contributed by atoms with Crippen LogP contribution < -0.4 is 11.1 Å². The molecule has 1 aromatic carbocycles. The van der Waals surface area contributed by atoms with Crippen LogP contribution in [0.5, 0.6) is 0 Å². The van der Waals surface area contributed by atoms with Crippen LogP contribution in [0.4, 0.5) is 0 Å². The first-order chi connectivity index (χ1) is 8.48. The molecule has 4 nitrogen and oxygen atoms in total. The Morgan fingerprint density at radius 2 is 2.06 bits per heavy atom. The SMILES string of the molecule is CC(N)CCC(=O)NC(C)(CO)c1ccccc1. The largest absolute Gasteiger partial charge is 0.394 e. The van der Waals surface area contributed by atoms with Crippen LogP contribution in [0.25, 0.3) is 0 Å². The Bertz CT molecular complexity index is 379. The molecule has 0 fully saturated rings. The second kappa shape index (κ2) is 6.52. The van der Waals surface area contributed by atoms with Crippen molar-refractivity contribution >= 4 is 5.91 Å². The lowest BCUT2D eigenvalue weighted by Gasteiger charge is -2.29. The van der Waals surface area contributed by atoms with Crippen LogP contribution in [0.2, 0.25) is 0 Å². The summed E-state index contributed by atoms with van der Waals surface area (Å²) in [5.41, 5.74) is 5.77. The highest BCUT2D eigenvalue weighted by Crippen LogP contribution is 2.20. The third-order valence-corrected chi connectivity index (χ3v) is 2.97. The van der Waals surface area contributed by atoms with E-state index in [9.17, 15) is 9.90 Å². The van der Waals surface area contributed by atoms with E-state index >= 15 is 0 Å². The molecule has 1 amide bonds. The molecular formula is C14H22N2O2. The summed E-state index contributed by atoms with van der Waals surface area (Å²) in [6.07, 6.45) is 1.02. The summed E-state index contributed by atoms with van der Waals surface area (Å²) < 4.78 is 0. The van der Waals surface area contributed by atoms with Gasteiger partial charge in [0, 0.05) is 12.5 Å². The van der Waals surface area contributed by atoms with Crippen molar-refractivity contribution in [1.29, 1.82) is 0 Å². The van der Waals surface area contributed by atoms with Gasteiger partial charge in [0.2, 0.25) is 5.91 Å². The maximum Gasteiger partial charge on any atom is 0.220 e. The van der Waals surface area contributed by atoms with Crippen molar-refractivity contribution in [1.82, 2.24) is 5.32 Å². The summed E-state index contributed by atoms with van der Waals surface area (Å²) in [4.78, 5) is 11.8. The van der Waals surface area contributed by atoms with Gasteiger partial charge in [-0.05, 0) is 25.8 Å². The van der Waals surface area contributed by atoms with Crippen molar-refractivity contribution in [2.45, 2.75) is 38.3 Å². The van der Waals surface area contributed by atoms with E-state index < -0.39 is 5.54 Å². The zero-order valence-electron chi connectivity index (χ0n) is 11.0. The normalized spacial score (nSPS) is 15.8. The van der Waals surface area contributed by atoms with E-state index in [-0.39, 0.29) is 18.6 Å². The lowest BCUT2D eigenvalue weighted by atomic mass is 9.92. The molecule has 2 unspecified atom stereocenters. The van der Waals surface area contributed by atoms with E-state index in [4.69, 9.17) is 5.73 Å². The molecule has 0 aliphatic heterocycles. The molecule has 4 heteroatoms. The van der Waals surface area contributed by atoms with Crippen molar-refractivity contribution in [2.75, 3.05) is 6.61 Å². The highest BCUT2D eigenvalue weighted by molar-refractivity contribution is 5.77. The number of aliphatic hydroxyl groups excluding tert-OH is 1. The van der Waals surface area contributed by atoms with E-state index in [0.717, 1.165) is 5.56 Å². The van der Waals surface area contributed by atoms with Gasteiger partial charge in [0.15, 0.2) is 0 Å². The Hall–Kier alpha value is -1.39. The molecule has 4 N–H and O–H groups in total. The first-order valence-corrected chi connectivity index (χ1v) is 6.21. The molecule has 18 heavy (non-hydrogen) atoms. The predicted molar refractivity (Wildman–Crippen MR) is 71.9 cm³/mol. The van der Waals surface area contributed by atoms with Crippen molar-refractivity contribution in [3.63, 3.8) is 0 Å². The number of carbonyl (C=O) groups excluding carboxylic acids is 1. The number of nitrogens with two attached hydrogens (primary N) is 1. The molecule has 0 aliphatic carbocycles. The summed E-state index contributed by atoms with van der Waals surface area (Å²) >= 11 is 0. The quantitative estimate of drug-likeness (QED) is 0.708.